The summed E-state index contributed by atoms with van der Waals surface area (Å²) in [6, 6.07) is 62.2. The maximum Gasteiger partial charge on any atom is 2.00 e. The van der Waals surface area contributed by atoms with E-state index in [0.717, 1.165) is 83.9 Å². The predicted molar refractivity (Wildman–Crippen MR) is 284 cm³/mol. The second-order valence-corrected chi connectivity index (χ2v) is 19.5. The molecule has 0 radical (unpaired) electrons. The number of nitrogens with zero attached hydrogens (tertiary/aromatic N) is 4. The van der Waals surface area contributed by atoms with Gasteiger partial charge >= 0.3 is 21.1 Å². The number of fused-ring (bicyclic) bond motifs is 2. The Labute approximate surface area is 421 Å². The van der Waals surface area contributed by atoms with Gasteiger partial charge in [-0.3, -0.25) is 4.98 Å². The van der Waals surface area contributed by atoms with Crippen LogP contribution < -0.4 is 4.90 Å². The summed E-state index contributed by atoms with van der Waals surface area (Å²) in [5.74, 6) is 0. The summed E-state index contributed by atoms with van der Waals surface area (Å²) in [5, 5.41) is 2.21. The third-order valence-electron chi connectivity index (χ3n) is 12.8. The Balaban J connectivity index is 0.00000539. The molecule has 0 atom stereocenters. The average molecular weight is 1090 g/mol. The van der Waals surface area contributed by atoms with E-state index in [1.54, 1.807) is 0 Å². The molecule has 11 rings (SSSR count). The fourth-order valence-corrected chi connectivity index (χ4v) is 12.1. The minimum Gasteiger partial charge on any atom is -0.345 e. The molecule has 332 valence electrons. The molecule has 6 aromatic carbocycles. The van der Waals surface area contributed by atoms with Gasteiger partial charge in [0.05, 0.1) is 11.4 Å². The molecular formula is C61H46N4PtS2. The molecule has 0 bridgehead atoms. The van der Waals surface area contributed by atoms with Crippen LogP contribution in [0.5, 0.6) is 0 Å². The van der Waals surface area contributed by atoms with Crippen molar-refractivity contribution < 1.29 is 21.1 Å². The number of pyridine rings is 3. The largest absolute Gasteiger partial charge is 2.00 e. The summed E-state index contributed by atoms with van der Waals surface area (Å²) < 4.78 is 2.37. The van der Waals surface area contributed by atoms with Crippen LogP contribution in [0.25, 0.3) is 85.8 Å². The summed E-state index contributed by atoms with van der Waals surface area (Å²) in [5.41, 5.74) is 20.2. The van der Waals surface area contributed by atoms with Crippen molar-refractivity contribution >= 4 is 59.9 Å². The first-order valence-electron chi connectivity index (χ1n) is 22.6. The van der Waals surface area contributed by atoms with Gasteiger partial charge in [0.15, 0.2) is 0 Å². The van der Waals surface area contributed by atoms with Crippen LogP contribution in [0.2, 0.25) is 0 Å². The molecule has 0 saturated carbocycles. The Morgan fingerprint density at radius 3 is 1.26 bits per heavy atom. The van der Waals surface area contributed by atoms with E-state index >= 15 is 0 Å². The molecule has 0 fully saturated rings. The number of hydrogen-bond acceptors (Lipinski definition) is 6. The number of benzene rings is 6. The standard InChI is InChI=1S/C61H46N4S2.Pt/c1-37-15-13-16-38(2)57(37)55-35-51-53(66-55)24-27-63-59(51)47-29-45(43-19-9-7-10-20-43)31-49(33-47)65(61-41(5)23-26-62-42(61)6)50-32-46(44-21-11-8-12-22-44)30-48(34-50)60-52-36-56(67-54(52)25-28-64-60)58-39(3)17-14-18-40(58)4;/h7-32,35-36H,1-6H3;/q-2;+2. The summed E-state index contributed by atoms with van der Waals surface area (Å²) in [4.78, 5) is 20.0. The van der Waals surface area contributed by atoms with Crippen LogP contribution in [0, 0.1) is 53.7 Å². The molecule has 0 amide bonds. The van der Waals surface area contributed by atoms with Crippen molar-refractivity contribution in [2.24, 2.45) is 0 Å². The van der Waals surface area contributed by atoms with Crippen molar-refractivity contribution in [2.75, 3.05) is 4.90 Å². The van der Waals surface area contributed by atoms with Crippen LogP contribution in [0.1, 0.15) is 33.5 Å². The first kappa shape index (κ1) is 45.0. The van der Waals surface area contributed by atoms with Gasteiger partial charge in [-0.1, -0.05) is 108 Å². The number of rotatable bonds is 9. The van der Waals surface area contributed by atoms with Gasteiger partial charge in [-0.25, -0.2) is 0 Å². The minimum atomic E-state index is 0. The molecule has 5 heterocycles. The zero-order valence-corrected chi connectivity index (χ0v) is 42.5. The molecule has 11 aromatic rings. The Morgan fingerprint density at radius 2 is 0.838 bits per heavy atom. The van der Waals surface area contributed by atoms with Gasteiger partial charge in [0.1, 0.15) is 0 Å². The van der Waals surface area contributed by atoms with E-state index in [4.69, 9.17) is 15.0 Å². The molecule has 0 aliphatic rings. The molecule has 0 saturated heterocycles. The summed E-state index contributed by atoms with van der Waals surface area (Å²) in [6.07, 6.45) is 5.76. The minimum absolute atomic E-state index is 0. The van der Waals surface area contributed by atoms with Crippen molar-refractivity contribution in [3.8, 4) is 65.6 Å². The molecule has 0 unspecified atom stereocenters. The van der Waals surface area contributed by atoms with Crippen LogP contribution in [0.3, 0.4) is 0 Å². The third kappa shape index (κ3) is 8.32. The van der Waals surface area contributed by atoms with Crippen LogP contribution in [-0.2, 0) is 21.1 Å². The molecule has 68 heavy (non-hydrogen) atoms. The first-order chi connectivity index (χ1) is 32.7. The fraction of sp³-hybridized carbons (Fsp3) is 0.0984. The van der Waals surface area contributed by atoms with Crippen molar-refractivity contribution in [1.82, 2.24) is 15.0 Å². The Bertz CT molecular complexity index is 3390. The summed E-state index contributed by atoms with van der Waals surface area (Å²) >= 11 is 3.63. The van der Waals surface area contributed by atoms with Gasteiger partial charge in [0, 0.05) is 37.7 Å². The molecule has 0 aliphatic heterocycles. The van der Waals surface area contributed by atoms with Crippen molar-refractivity contribution in [3.05, 3.63) is 216 Å². The van der Waals surface area contributed by atoms with Gasteiger partial charge in [-0.2, -0.15) is 0 Å². The number of aromatic nitrogens is 3. The van der Waals surface area contributed by atoms with Gasteiger partial charge in [0.2, 0.25) is 0 Å². The van der Waals surface area contributed by atoms with Gasteiger partial charge in [-0.15, -0.1) is 70.2 Å². The second-order valence-electron chi connectivity index (χ2n) is 17.4. The van der Waals surface area contributed by atoms with Crippen molar-refractivity contribution in [2.45, 2.75) is 41.5 Å². The predicted octanol–water partition coefficient (Wildman–Crippen LogP) is 17.2. The zero-order valence-electron chi connectivity index (χ0n) is 38.6. The summed E-state index contributed by atoms with van der Waals surface area (Å²) in [6.45, 7) is 13.0. The first-order valence-corrected chi connectivity index (χ1v) is 24.2. The maximum absolute atomic E-state index is 5.15. The zero-order chi connectivity index (χ0) is 45.8. The Kier molecular flexibility index (Phi) is 12.4. The van der Waals surface area contributed by atoms with Crippen LogP contribution in [0.15, 0.2) is 170 Å². The van der Waals surface area contributed by atoms with Crippen molar-refractivity contribution in [3.63, 3.8) is 0 Å². The number of aryl methyl sites for hydroxylation is 6. The van der Waals surface area contributed by atoms with Crippen LogP contribution in [0.4, 0.5) is 17.1 Å². The maximum atomic E-state index is 5.15. The molecule has 5 aromatic heterocycles. The van der Waals surface area contributed by atoms with E-state index < -0.39 is 0 Å². The second kappa shape index (κ2) is 18.7. The van der Waals surface area contributed by atoms with E-state index in [2.05, 4.69) is 210 Å². The summed E-state index contributed by atoms with van der Waals surface area (Å²) in [7, 11) is 0. The van der Waals surface area contributed by atoms with E-state index in [1.807, 2.05) is 41.3 Å². The number of anilines is 3. The SMILES string of the molecule is Cc1cccc(C)c1-c1cc2c(-c3[c-]c(N(c4[c-]c(-c5nccc6sc(-c7c(C)cccc7C)cc56)cc(-c5ccccc5)c4)c4c(C)ccnc4C)cc(-c4ccccc4)c3)nccc2s1.[Pt+2]. The average Bonchev–Trinajstić information content (AvgIpc) is 3.98. The number of hydrogen-bond donors (Lipinski definition) is 0. The normalized spacial score (nSPS) is 11.3. The quantitative estimate of drug-likeness (QED) is 0.135. The Hall–Kier alpha value is -6.82. The van der Waals surface area contributed by atoms with E-state index in [-0.39, 0.29) is 21.1 Å². The van der Waals surface area contributed by atoms with Crippen molar-refractivity contribution in [1.29, 1.82) is 0 Å². The molecule has 4 nitrogen and oxygen atoms in total. The van der Waals surface area contributed by atoms with Gasteiger partial charge < -0.3 is 14.9 Å². The van der Waals surface area contributed by atoms with Gasteiger partial charge in [-0.05, 0) is 155 Å². The fourth-order valence-electron chi connectivity index (χ4n) is 9.60. The van der Waals surface area contributed by atoms with E-state index in [9.17, 15) is 0 Å². The monoisotopic (exact) mass is 1090 g/mol. The molecule has 0 spiro atoms. The number of thiophene rings is 2. The molecule has 7 heteroatoms. The van der Waals surface area contributed by atoms with Crippen LogP contribution >= 0.6 is 22.7 Å². The third-order valence-corrected chi connectivity index (χ3v) is 15.0. The molecule has 0 N–H and O–H groups in total. The smallest absolute Gasteiger partial charge is 0.345 e. The van der Waals surface area contributed by atoms with E-state index in [0.29, 0.717) is 0 Å². The topological polar surface area (TPSA) is 41.9 Å². The molecule has 0 aliphatic carbocycles. The Morgan fingerprint density at radius 1 is 0.412 bits per heavy atom. The van der Waals surface area contributed by atoms with Crippen LogP contribution in [-0.4, -0.2) is 15.0 Å². The van der Waals surface area contributed by atoms with E-state index in [1.165, 1.54) is 52.5 Å². The van der Waals surface area contributed by atoms with Gasteiger partial charge in [0.25, 0.3) is 0 Å². The molecular weight excluding hydrogens is 1050 g/mol.